The molecule has 7 nitrogen and oxygen atoms in total. The van der Waals surface area contributed by atoms with E-state index in [4.69, 9.17) is 4.74 Å². The Morgan fingerprint density at radius 2 is 1.63 bits per heavy atom. The fourth-order valence-corrected chi connectivity index (χ4v) is 2.72. The molecule has 0 aliphatic rings. The van der Waals surface area contributed by atoms with Crippen LogP contribution < -0.4 is 20.9 Å². The number of carbonyl (C=O) groups excluding carboxylic acids is 3. The van der Waals surface area contributed by atoms with E-state index in [9.17, 15) is 14.4 Å². The zero-order valence-electron chi connectivity index (χ0n) is 17.8. The number of hydrogen-bond acceptors (Lipinski definition) is 4. The van der Waals surface area contributed by atoms with Crippen molar-refractivity contribution in [2.75, 3.05) is 5.32 Å². The quantitative estimate of drug-likeness (QED) is 0.578. The van der Waals surface area contributed by atoms with E-state index < -0.39 is 17.9 Å². The predicted octanol–water partition coefficient (Wildman–Crippen LogP) is 3.60. The maximum absolute atomic E-state index is 12.4. The molecule has 0 saturated heterocycles. The molecule has 1 unspecified atom stereocenters. The molecule has 160 valence electrons. The minimum Gasteiger partial charge on any atom is -0.480 e. The summed E-state index contributed by atoms with van der Waals surface area (Å²) in [4.78, 5) is 36.5. The van der Waals surface area contributed by atoms with Crippen LogP contribution in [-0.4, -0.2) is 23.8 Å². The summed E-state index contributed by atoms with van der Waals surface area (Å²) in [5.41, 5.74) is 6.69. The van der Waals surface area contributed by atoms with Gasteiger partial charge in [0.15, 0.2) is 6.10 Å². The van der Waals surface area contributed by atoms with Crippen molar-refractivity contribution in [3.05, 3.63) is 59.7 Å². The van der Waals surface area contributed by atoms with Crippen molar-refractivity contribution in [2.45, 2.75) is 46.6 Å². The first-order valence-corrected chi connectivity index (χ1v) is 10.0. The molecule has 0 saturated carbocycles. The molecular formula is C23H29N3O4. The molecule has 2 aromatic rings. The second-order valence-corrected chi connectivity index (χ2v) is 7.45. The van der Waals surface area contributed by atoms with Crippen LogP contribution in [0.4, 0.5) is 5.69 Å². The molecule has 2 aromatic carbocycles. The van der Waals surface area contributed by atoms with E-state index in [-0.39, 0.29) is 11.8 Å². The Balaban J connectivity index is 1.88. The molecule has 3 amide bonds. The van der Waals surface area contributed by atoms with Crippen LogP contribution in [0.3, 0.4) is 0 Å². The van der Waals surface area contributed by atoms with Crippen LogP contribution in [0, 0.1) is 12.8 Å². The van der Waals surface area contributed by atoms with Crippen LogP contribution >= 0.6 is 0 Å². The molecule has 1 atom stereocenters. The number of nitrogens with one attached hydrogen (secondary N) is 3. The number of para-hydroxylation sites is 1. The molecule has 7 heteroatoms. The maximum Gasteiger partial charge on any atom is 0.279 e. The van der Waals surface area contributed by atoms with E-state index in [0.29, 0.717) is 29.8 Å². The third kappa shape index (κ3) is 6.92. The maximum atomic E-state index is 12.4. The molecule has 0 fully saturated rings. The van der Waals surface area contributed by atoms with Gasteiger partial charge in [0.05, 0.1) is 0 Å². The van der Waals surface area contributed by atoms with Crippen LogP contribution in [0.25, 0.3) is 0 Å². The van der Waals surface area contributed by atoms with Crippen molar-refractivity contribution in [2.24, 2.45) is 5.92 Å². The molecule has 2 rings (SSSR count). The molecule has 30 heavy (non-hydrogen) atoms. The summed E-state index contributed by atoms with van der Waals surface area (Å²) >= 11 is 0. The average molecular weight is 412 g/mol. The number of amides is 3. The summed E-state index contributed by atoms with van der Waals surface area (Å²) in [5.74, 6) is -0.0872. The minimum atomic E-state index is -0.732. The van der Waals surface area contributed by atoms with Crippen molar-refractivity contribution in [3.63, 3.8) is 0 Å². The molecule has 0 aliphatic heterocycles. The zero-order chi connectivity index (χ0) is 22.1. The fourth-order valence-electron chi connectivity index (χ4n) is 2.72. The summed E-state index contributed by atoms with van der Waals surface area (Å²) in [6.07, 6.45) is 0.142. The zero-order valence-corrected chi connectivity index (χ0v) is 17.8. The predicted molar refractivity (Wildman–Crippen MR) is 116 cm³/mol. The lowest BCUT2D eigenvalue weighted by molar-refractivity contribution is -0.129. The third-order valence-corrected chi connectivity index (χ3v) is 4.35. The van der Waals surface area contributed by atoms with Crippen LogP contribution in [0.2, 0.25) is 0 Å². The Morgan fingerprint density at radius 1 is 0.967 bits per heavy atom. The first-order valence-electron chi connectivity index (χ1n) is 10.0. The summed E-state index contributed by atoms with van der Waals surface area (Å²) in [7, 11) is 0. The first kappa shape index (κ1) is 22.9. The van der Waals surface area contributed by atoms with Gasteiger partial charge in [-0.2, -0.15) is 0 Å². The van der Waals surface area contributed by atoms with E-state index in [1.807, 2.05) is 45.9 Å². The fraction of sp³-hybridized carbons (Fsp3) is 0.348. The number of hydrazine groups is 1. The van der Waals surface area contributed by atoms with E-state index in [2.05, 4.69) is 16.2 Å². The van der Waals surface area contributed by atoms with Gasteiger partial charge in [-0.15, -0.1) is 0 Å². The number of aryl methyl sites for hydroxylation is 1. The first-order chi connectivity index (χ1) is 14.3. The minimum absolute atomic E-state index is 0.0753. The lowest BCUT2D eigenvalue weighted by atomic mass is 10.1. The molecular weight excluding hydrogens is 382 g/mol. The van der Waals surface area contributed by atoms with Crippen LogP contribution in [0.1, 0.15) is 49.5 Å². The van der Waals surface area contributed by atoms with Crippen molar-refractivity contribution in [3.8, 4) is 5.75 Å². The van der Waals surface area contributed by atoms with Crippen LogP contribution in [0.5, 0.6) is 5.75 Å². The average Bonchev–Trinajstić information content (AvgIpc) is 2.71. The van der Waals surface area contributed by atoms with Gasteiger partial charge in [-0.05, 0) is 55.2 Å². The highest BCUT2D eigenvalue weighted by molar-refractivity contribution is 5.97. The van der Waals surface area contributed by atoms with Gasteiger partial charge in [0.1, 0.15) is 5.75 Å². The van der Waals surface area contributed by atoms with Gasteiger partial charge < -0.3 is 10.1 Å². The summed E-state index contributed by atoms with van der Waals surface area (Å²) in [6.45, 7) is 7.67. The normalized spacial score (nSPS) is 11.5. The largest absolute Gasteiger partial charge is 0.480 e. The van der Waals surface area contributed by atoms with Gasteiger partial charge in [-0.25, -0.2) is 0 Å². The van der Waals surface area contributed by atoms with E-state index >= 15 is 0 Å². The molecule has 0 spiro atoms. The topological polar surface area (TPSA) is 96.5 Å². The Hall–Kier alpha value is -3.35. The second kappa shape index (κ2) is 11.0. The van der Waals surface area contributed by atoms with E-state index in [1.165, 1.54) is 0 Å². The Bertz CT molecular complexity index is 878. The lowest BCUT2D eigenvalue weighted by Crippen LogP contribution is -2.48. The summed E-state index contributed by atoms with van der Waals surface area (Å²) in [5, 5.41) is 2.78. The molecule has 0 aromatic heterocycles. The highest BCUT2D eigenvalue weighted by Gasteiger charge is 2.20. The number of carbonyl (C=O) groups is 3. The van der Waals surface area contributed by atoms with Crippen molar-refractivity contribution >= 4 is 23.4 Å². The molecule has 0 aliphatic carbocycles. The Kier molecular flexibility index (Phi) is 8.41. The highest BCUT2D eigenvalue weighted by Crippen LogP contribution is 2.18. The molecule has 0 radical (unpaired) electrons. The van der Waals surface area contributed by atoms with Gasteiger partial charge in [-0.3, -0.25) is 25.2 Å². The van der Waals surface area contributed by atoms with Gasteiger partial charge in [0.2, 0.25) is 5.91 Å². The number of anilines is 1. The lowest BCUT2D eigenvalue weighted by Gasteiger charge is -2.18. The molecule has 3 N–H and O–H groups in total. The number of hydrogen-bond donors (Lipinski definition) is 3. The highest BCUT2D eigenvalue weighted by atomic mass is 16.5. The molecule has 0 heterocycles. The Morgan fingerprint density at radius 3 is 2.23 bits per heavy atom. The standard InChI is InChI=1S/C23H29N3O4/c1-5-19(30-20-9-7-6-8-16(20)4)23(29)26-25-22(28)17-10-12-18(13-11-17)24-21(27)14-15(2)3/h6-13,15,19H,5,14H2,1-4H3,(H,24,27)(H,25,28)(H,26,29). The van der Waals surface area contributed by atoms with E-state index in [1.54, 1.807) is 30.3 Å². The second-order valence-electron chi connectivity index (χ2n) is 7.45. The Labute approximate surface area is 177 Å². The number of rotatable bonds is 8. The SMILES string of the molecule is CCC(Oc1ccccc1C)C(=O)NNC(=O)c1ccc(NC(=O)CC(C)C)cc1. The van der Waals surface area contributed by atoms with Crippen molar-refractivity contribution < 1.29 is 19.1 Å². The van der Waals surface area contributed by atoms with Gasteiger partial charge in [0.25, 0.3) is 11.8 Å². The van der Waals surface area contributed by atoms with Gasteiger partial charge in [-0.1, -0.05) is 39.0 Å². The van der Waals surface area contributed by atoms with Gasteiger partial charge >= 0.3 is 0 Å². The smallest absolute Gasteiger partial charge is 0.279 e. The third-order valence-electron chi connectivity index (χ3n) is 4.35. The monoisotopic (exact) mass is 411 g/mol. The number of benzene rings is 2. The van der Waals surface area contributed by atoms with Crippen molar-refractivity contribution in [1.82, 2.24) is 10.9 Å². The summed E-state index contributed by atoms with van der Waals surface area (Å²) in [6, 6.07) is 13.9. The van der Waals surface area contributed by atoms with Crippen LogP contribution in [0.15, 0.2) is 48.5 Å². The number of ether oxygens (including phenoxy) is 1. The van der Waals surface area contributed by atoms with Crippen molar-refractivity contribution in [1.29, 1.82) is 0 Å². The van der Waals surface area contributed by atoms with Crippen LogP contribution in [-0.2, 0) is 9.59 Å². The van der Waals surface area contributed by atoms with E-state index in [0.717, 1.165) is 5.56 Å². The molecule has 0 bridgehead atoms. The summed E-state index contributed by atoms with van der Waals surface area (Å²) < 4.78 is 5.77. The van der Waals surface area contributed by atoms with Gasteiger partial charge in [0, 0.05) is 17.7 Å².